The smallest absolute Gasteiger partial charge is 0.00697 e. The second-order valence-electron chi connectivity index (χ2n) is 4.73. The Morgan fingerprint density at radius 3 is 2.69 bits per heavy atom. The molecule has 0 aliphatic carbocycles. The lowest BCUT2D eigenvalue weighted by molar-refractivity contribution is 0.660. The van der Waals surface area contributed by atoms with E-state index >= 15 is 0 Å². The SMILES string of the molecule is C=C(CCCCCC)Cc1cccc(C)c1. The van der Waals surface area contributed by atoms with E-state index in [1.54, 1.807) is 0 Å². The highest BCUT2D eigenvalue weighted by Crippen LogP contribution is 2.14. The van der Waals surface area contributed by atoms with Crippen LogP contribution >= 0.6 is 0 Å². The number of hydrogen-bond acceptors (Lipinski definition) is 0. The van der Waals surface area contributed by atoms with Crippen molar-refractivity contribution in [1.29, 1.82) is 0 Å². The summed E-state index contributed by atoms with van der Waals surface area (Å²) in [5, 5.41) is 0. The first-order valence-electron chi connectivity index (χ1n) is 6.44. The molecule has 0 amide bonds. The minimum atomic E-state index is 1.05. The Hall–Kier alpha value is -1.04. The van der Waals surface area contributed by atoms with Crippen LogP contribution in [0.1, 0.15) is 50.2 Å². The molecule has 0 radical (unpaired) electrons. The Morgan fingerprint density at radius 2 is 2.00 bits per heavy atom. The maximum absolute atomic E-state index is 4.18. The molecule has 0 spiro atoms. The van der Waals surface area contributed by atoms with Gasteiger partial charge < -0.3 is 0 Å². The van der Waals surface area contributed by atoms with Crippen molar-refractivity contribution >= 4 is 0 Å². The molecule has 1 rings (SSSR count). The van der Waals surface area contributed by atoms with Crippen LogP contribution in [0.25, 0.3) is 0 Å². The van der Waals surface area contributed by atoms with Crippen molar-refractivity contribution in [3.8, 4) is 0 Å². The molecule has 1 aromatic carbocycles. The molecular weight excluding hydrogens is 192 g/mol. The molecule has 0 N–H and O–H groups in total. The third-order valence-electron chi connectivity index (χ3n) is 2.92. The maximum Gasteiger partial charge on any atom is -0.00697 e. The molecule has 0 bridgehead atoms. The highest BCUT2D eigenvalue weighted by Gasteiger charge is 1.98. The highest BCUT2D eigenvalue weighted by atomic mass is 14.0. The molecule has 0 heteroatoms. The van der Waals surface area contributed by atoms with Gasteiger partial charge in [-0.15, -0.1) is 0 Å². The van der Waals surface area contributed by atoms with Gasteiger partial charge in [0.2, 0.25) is 0 Å². The minimum Gasteiger partial charge on any atom is -0.0995 e. The van der Waals surface area contributed by atoms with E-state index in [4.69, 9.17) is 0 Å². The van der Waals surface area contributed by atoms with Crippen LogP contribution in [-0.4, -0.2) is 0 Å². The van der Waals surface area contributed by atoms with Gasteiger partial charge in [-0.25, -0.2) is 0 Å². The molecule has 0 saturated heterocycles. The summed E-state index contributed by atoms with van der Waals surface area (Å²) >= 11 is 0. The van der Waals surface area contributed by atoms with Crippen LogP contribution in [-0.2, 0) is 6.42 Å². The summed E-state index contributed by atoms with van der Waals surface area (Å²) in [6.07, 6.45) is 7.56. The standard InChI is InChI=1S/C16H24/c1-4-5-6-7-9-14(2)12-16-11-8-10-15(3)13-16/h8,10-11,13H,2,4-7,9,12H2,1,3H3. The molecule has 0 unspecified atom stereocenters. The van der Waals surface area contributed by atoms with Gasteiger partial charge >= 0.3 is 0 Å². The largest absolute Gasteiger partial charge is 0.0995 e. The fourth-order valence-electron chi connectivity index (χ4n) is 2.00. The molecule has 0 aliphatic rings. The maximum atomic E-state index is 4.18. The predicted molar refractivity (Wildman–Crippen MR) is 72.8 cm³/mol. The average Bonchev–Trinajstić information content (AvgIpc) is 2.24. The summed E-state index contributed by atoms with van der Waals surface area (Å²) < 4.78 is 0. The fraction of sp³-hybridized carbons (Fsp3) is 0.500. The first-order valence-corrected chi connectivity index (χ1v) is 6.44. The van der Waals surface area contributed by atoms with E-state index in [0.29, 0.717) is 0 Å². The van der Waals surface area contributed by atoms with E-state index in [9.17, 15) is 0 Å². The second-order valence-corrected chi connectivity index (χ2v) is 4.73. The highest BCUT2D eigenvalue weighted by molar-refractivity contribution is 5.25. The summed E-state index contributed by atoms with van der Waals surface area (Å²) in [7, 11) is 0. The Kier molecular flexibility index (Phi) is 5.92. The molecule has 0 atom stereocenters. The summed E-state index contributed by atoms with van der Waals surface area (Å²) in [6, 6.07) is 8.74. The molecule has 0 fully saturated rings. The molecule has 1 aromatic rings. The minimum absolute atomic E-state index is 1.05. The van der Waals surface area contributed by atoms with Crippen LogP contribution in [0, 0.1) is 6.92 Å². The molecule has 16 heavy (non-hydrogen) atoms. The third-order valence-corrected chi connectivity index (χ3v) is 2.92. The van der Waals surface area contributed by atoms with E-state index < -0.39 is 0 Å². The zero-order valence-electron chi connectivity index (χ0n) is 10.8. The van der Waals surface area contributed by atoms with Crippen molar-refractivity contribution in [2.75, 3.05) is 0 Å². The fourth-order valence-corrected chi connectivity index (χ4v) is 2.00. The molecule has 0 heterocycles. The van der Waals surface area contributed by atoms with E-state index in [2.05, 4.69) is 44.7 Å². The van der Waals surface area contributed by atoms with E-state index in [1.807, 2.05) is 0 Å². The van der Waals surface area contributed by atoms with Crippen LogP contribution in [0.15, 0.2) is 36.4 Å². The van der Waals surface area contributed by atoms with Gasteiger partial charge in [0.25, 0.3) is 0 Å². The molecule has 0 nitrogen and oxygen atoms in total. The van der Waals surface area contributed by atoms with Gasteiger partial charge in [0.05, 0.1) is 0 Å². The lowest BCUT2D eigenvalue weighted by atomic mass is 10.00. The summed E-state index contributed by atoms with van der Waals surface area (Å²) in [6.45, 7) is 8.58. The average molecular weight is 216 g/mol. The van der Waals surface area contributed by atoms with Crippen molar-refractivity contribution in [2.24, 2.45) is 0 Å². The van der Waals surface area contributed by atoms with Crippen molar-refractivity contribution in [2.45, 2.75) is 52.4 Å². The van der Waals surface area contributed by atoms with Crippen molar-refractivity contribution in [1.82, 2.24) is 0 Å². The first kappa shape index (κ1) is 13.0. The summed E-state index contributed by atoms with van der Waals surface area (Å²) in [5.74, 6) is 0. The van der Waals surface area contributed by atoms with Crippen molar-refractivity contribution in [3.05, 3.63) is 47.5 Å². The predicted octanol–water partition coefficient (Wildman–Crippen LogP) is 5.06. The number of benzene rings is 1. The van der Waals surface area contributed by atoms with Crippen LogP contribution in [0.3, 0.4) is 0 Å². The molecule has 0 aromatic heterocycles. The van der Waals surface area contributed by atoms with Gasteiger partial charge in [-0.3, -0.25) is 0 Å². The molecular formula is C16H24. The zero-order chi connectivity index (χ0) is 11.8. The zero-order valence-corrected chi connectivity index (χ0v) is 10.8. The van der Waals surface area contributed by atoms with Crippen molar-refractivity contribution < 1.29 is 0 Å². The number of aryl methyl sites for hydroxylation is 1. The van der Waals surface area contributed by atoms with E-state index in [1.165, 1.54) is 48.8 Å². The summed E-state index contributed by atoms with van der Waals surface area (Å²) in [4.78, 5) is 0. The van der Waals surface area contributed by atoms with Crippen LogP contribution in [0.2, 0.25) is 0 Å². The van der Waals surface area contributed by atoms with Gasteiger partial charge in [0.1, 0.15) is 0 Å². The number of rotatable bonds is 7. The van der Waals surface area contributed by atoms with Crippen LogP contribution in [0.4, 0.5) is 0 Å². The van der Waals surface area contributed by atoms with Gasteiger partial charge in [0, 0.05) is 0 Å². The summed E-state index contributed by atoms with van der Waals surface area (Å²) in [5.41, 5.74) is 4.12. The second kappa shape index (κ2) is 7.27. The number of unbranched alkanes of at least 4 members (excludes halogenated alkanes) is 3. The quantitative estimate of drug-likeness (QED) is 0.441. The monoisotopic (exact) mass is 216 g/mol. The van der Waals surface area contributed by atoms with E-state index in [0.717, 1.165) is 6.42 Å². The Morgan fingerprint density at radius 1 is 1.19 bits per heavy atom. The molecule has 0 aliphatic heterocycles. The lowest BCUT2D eigenvalue weighted by Gasteiger charge is -2.06. The first-order chi connectivity index (χ1) is 7.72. The Labute approximate surface area is 100 Å². The Bertz CT molecular complexity index is 323. The van der Waals surface area contributed by atoms with Crippen LogP contribution < -0.4 is 0 Å². The van der Waals surface area contributed by atoms with E-state index in [-0.39, 0.29) is 0 Å². The molecule has 88 valence electrons. The van der Waals surface area contributed by atoms with Gasteiger partial charge in [-0.1, -0.05) is 68.2 Å². The van der Waals surface area contributed by atoms with Gasteiger partial charge in [-0.05, 0) is 31.7 Å². The molecule has 0 saturated carbocycles. The normalized spacial score (nSPS) is 10.4. The lowest BCUT2D eigenvalue weighted by Crippen LogP contribution is -1.90. The third kappa shape index (κ3) is 5.16. The van der Waals surface area contributed by atoms with Gasteiger partial charge in [0.15, 0.2) is 0 Å². The van der Waals surface area contributed by atoms with Gasteiger partial charge in [-0.2, -0.15) is 0 Å². The number of hydrogen-bond donors (Lipinski definition) is 0. The van der Waals surface area contributed by atoms with Crippen LogP contribution in [0.5, 0.6) is 0 Å². The number of allylic oxidation sites excluding steroid dienone is 1. The van der Waals surface area contributed by atoms with Crippen molar-refractivity contribution in [3.63, 3.8) is 0 Å². The Balaban J connectivity index is 2.29. The topological polar surface area (TPSA) is 0 Å².